The SMILES string of the molecule is CC(C)CC(=O)Nc1cccc(NCc2cccc(OCc3cccc(Cl)c3)c2)c1. The first-order valence-electron chi connectivity index (χ1n) is 10.1. The van der Waals surface area contributed by atoms with E-state index < -0.39 is 0 Å². The lowest BCUT2D eigenvalue weighted by Crippen LogP contribution is -2.13. The monoisotopic (exact) mass is 422 g/mol. The van der Waals surface area contributed by atoms with Crippen molar-refractivity contribution in [3.8, 4) is 5.75 Å². The second-order valence-electron chi connectivity index (χ2n) is 7.65. The lowest BCUT2D eigenvalue weighted by molar-refractivity contribution is -0.116. The molecular weight excluding hydrogens is 396 g/mol. The molecule has 0 aliphatic heterocycles. The minimum absolute atomic E-state index is 0.0340. The number of hydrogen-bond donors (Lipinski definition) is 2. The maximum absolute atomic E-state index is 12.0. The molecule has 0 saturated heterocycles. The third kappa shape index (κ3) is 7.12. The third-order valence-electron chi connectivity index (χ3n) is 4.43. The molecule has 0 radical (unpaired) electrons. The van der Waals surface area contributed by atoms with Crippen LogP contribution in [0.1, 0.15) is 31.4 Å². The first kappa shape index (κ1) is 21.7. The van der Waals surface area contributed by atoms with Crippen molar-refractivity contribution >= 4 is 28.9 Å². The molecule has 2 N–H and O–H groups in total. The average Bonchev–Trinajstić information content (AvgIpc) is 2.71. The fraction of sp³-hybridized carbons (Fsp3) is 0.240. The molecule has 156 valence electrons. The van der Waals surface area contributed by atoms with E-state index in [4.69, 9.17) is 16.3 Å². The molecule has 1 amide bonds. The molecule has 3 aromatic carbocycles. The minimum Gasteiger partial charge on any atom is -0.489 e. The van der Waals surface area contributed by atoms with Gasteiger partial charge in [-0.15, -0.1) is 0 Å². The molecule has 0 aromatic heterocycles. The quantitative estimate of drug-likeness (QED) is 0.413. The highest BCUT2D eigenvalue weighted by atomic mass is 35.5. The lowest BCUT2D eigenvalue weighted by atomic mass is 10.1. The summed E-state index contributed by atoms with van der Waals surface area (Å²) in [5.74, 6) is 1.18. The van der Waals surface area contributed by atoms with Crippen LogP contribution in [0.2, 0.25) is 5.02 Å². The highest BCUT2D eigenvalue weighted by Crippen LogP contribution is 2.20. The molecule has 4 nitrogen and oxygen atoms in total. The van der Waals surface area contributed by atoms with Crippen molar-refractivity contribution in [2.24, 2.45) is 5.92 Å². The molecule has 0 heterocycles. The minimum atomic E-state index is 0.0340. The van der Waals surface area contributed by atoms with E-state index in [9.17, 15) is 4.79 Å². The van der Waals surface area contributed by atoms with Gasteiger partial charge in [0.2, 0.25) is 5.91 Å². The van der Waals surface area contributed by atoms with Crippen LogP contribution >= 0.6 is 11.6 Å². The Kier molecular flexibility index (Phi) is 7.75. The molecule has 0 aliphatic rings. The molecule has 0 atom stereocenters. The second kappa shape index (κ2) is 10.7. The Balaban J connectivity index is 1.55. The van der Waals surface area contributed by atoms with E-state index in [0.717, 1.165) is 28.3 Å². The zero-order chi connectivity index (χ0) is 21.3. The van der Waals surface area contributed by atoms with Crippen LogP contribution in [-0.4, -0.2) is 5.91 Å². The molecule has 0 fully saturated rings. The van der Waals surface area contributed by atoms with E-state index in [2.05, 4.69) is 10.6 Å². The van der Waals surface area contributed by atoms with Crippen LogP contribution in [-0.2, 0) is 17.9 Å². The number of amides is 1. The van der Waals surface area contributed by atoms with Crippen LogP contribution in [0.15, 0.2) is 72.8 Å². The summed E-state index contributed by atoms with van der Waals surface area (Å²) < 4.78 is 5.90. The molecule has 5 heteroatoms. The maximum Gasteiger partial charge on any atom is 0.224 e. The van der Waals surface area contributed by atoms with Gasteiger partial charge >= 0.3 is 0 Å². The van der Waals surface area contributed by atoms with Gasteiger partial charge in [-0.05, 0) is 59.5 Å². The molecule has 0 saturated carbocycles. The van der Waals surface area contributed by atoms with Crippen molar-refractivity contribution in [2.75, 3.05) is 10.6 Å². The lowest BCUT2D eigenvalue weighted by Gasteiger charge is -2.12. The van der Waals surface area contributed by atoms with Crippen LogP contribution in [0.3, 0.4) is 0 Å². The Morgan fingerprint density at radius 1 is 0.933 bits per heavy atom. The number of anilines is 2. The molecule has 0 unspecified atom stereocenters. The van der Waals surface area contributed by atoms with Gasteiger partial charge in [-0.3, -0.25) is 4.79 Å². The summed E-state index contributed by atoms with van der Waals surface area (Å²) in [4.78, 5) is 12.0. The first-order chi connectivity index (χ1) is 14.5. The molecule has 3 aromatic rings. The van der Waals surface area contributed by atoms with E-state index >= 15 is 0 Å². The largest absolute Gasteiger partial charge is 0.489 e. The van der Waals surface area contributed by atoms with E-state index in [1.54, 1.807) is 0 Å². The molecule has 3 rings (SSSR count). The van der Waals surface area contributed by atoms with Crippen molar-refractivity contribution < 1.29 is 9.53 Å². The average molecular weight is 423 g/mol. The number of carbonyl (C=O) groups excluding carboxylic acids is 1. The summed E-state index contributed by atoms with van der Waals surface area (Å²) >= 11 is 6.03. The Bertz CT molecular complexity index is 988. The van der Waals surface area contributed by atoms with Crippen molar-refractivity contribution in [2.45, 2.75) is 33.4 Å². The second-order valence-corrected chi connectivity index (χ2v) is 8.08. The van der Waals surface area contributed by atoms with E-state index in [1.165, 1.54) is 0 Å². The predicted octanol–water partition coefficient (Wildman–Crippen LogP) is 6.52. The van der Waals surface area contributed by atoms with Gasteiger partial charge in [0.05, 0.1) is 0 Å². The Hall–Kier alpha value is -2.98. The summed E-state index contributed by atoms with van der Waals surface area (Å²) in [5.41, 5.74) is 3.88. The van der Waals surface area contributed by atoms with Gasteiger partial charge in [0.15, 0.2) is 0 Å². The number of halogens is 1. The maximum atomic E-state index is 12.0. The van der Waals surface area contributed by atoms with Crippen molar-refractivity contribution in [1.82, 2.24) is 0 Å². The van der Waals surface area contributed by atoms with Gasteiger partial charge in [0.25, 0.3) is 0 Å². The topological polar surface area (TPSA) is 50.4 Å². The number of carbonyl (C=O) groups is 1. The molecule has 0 spiro atoms. The summed E-state index contributed by atoms with van der Waals surface area (Å²) in [6, 6.07) is 23.4. The van der Waals surface area contributed by atoms with E-state index in [-0.39, 0.29) is 5.91 Å². The van der Waals surface area contributed by atoms with E-state index in [0.29, 0.717) is 30.5 Å². The number of ether oxygens (including phenoxy) is 1. The standard InChI is InChI=1S/C25H27ClN2O2/c1-18(2)12-25(29)28-23-10-5-9-22(15-23)27-16-19-6-4-11-24(14-19)30-17-20-7-3-8-21(26)13-20/h3-11,13-15,18,27H,12,16-17H2,1-2H3,(H,28,29). The van der Waals surface area contributed by atoms with Crippen LogP contribution in [0.4, 0.5) is 11.4 Å². The fourth-order valence-corrected chi connectivity index (χ4v) is 3.25. The Morgan fingerprint density at radius 2 is 1.67 bits per heavy atom. The van der Waals surface area contributed by atoms with Crippen LogP contribution in [0.25, 0.3) is 0 Å². The molecule has 0 aliphatic carbocycles. The van der Waals surface area contributed by atoms with Crippen molar-refractivity contribution in [3.05, 3.63) is 88.9 Å². The summed E-state index contributed by atoms with van der Waals surface area (Å²) in [7, 11) is 0. The molecular formula is C25H27ClN2O2. The summed E-state index contributed by atoms with van der Waals surface area (Å²) in [5, 5.41) is 7.05. The summed E-state index contributed by atoms with van der Waals surface area (Å²) in [6.07, 6.45) is 0.514. The van der Waals surface area contributed by atoms with Gasteiger partial charge in [0.1, 0.15) is 12.4 Å². The molecule has 0 bridgehead atoms. The fourth-order valence-electron chi connectivity index (χ4n) is 3.03. The van der Waals surface area contributed by atoms with E-state index in [1.807, 2.05) is 86.6 Å². The zero-order valence-corrected chi connectivity index (χ0v) is 18.1. The third-order valence-corrected chi connectivity index (χ3v) is 4.66. The first-order valence-corrected chi connectivity index (χ1v) is 10.5. The van der Waals surface area contributed by atoms with Gasteiger partial charge in [0, 0.05) is 29.4 Å². The number of hydrogen-bond acceptors (Lipinski definition) is 3. The van der Waals surface area contributed by atoms with Gasteiger partial charge < -0.3 is 15.4 Å². The number of benzene rings is 3. The number of nitrogens with one attached hydrogen (secondary N) is 2. The van der Waals surface area contributed by atoms with Gasteiger partial charge in [-0.2, -0.15) is 0 Å². The smallest absolute Gasteiger partial charge is 0.224 e. The Labute approximate surface area is 183 Å². The van der Waals surface area contributed by atoms with Crippen molar-refractivity contribution in [3.63, 3.8) is 0 Å². The van der Waals surface area contributed by atoms with Gasteiger partial charge in [-0.1, -0.05) is 55.8 Å². The normalized spacial score (nSPS) is 10.7. The predicted molar refractivity (Wildman–Crippen MR) is 124 cm³/mol. The summed E-state index contributed by atoms with van der Waals surface area (Å²) in [6.45, 7) is 5.18. The van der Waals surface area contributed by atoms with Gasteiger partial charge in [-0.25, -0.2) is 0 Å². The highest BCUT2D eigenvalue weighted by molar-refractivity contribution is 6.30. The van der Waals surface area contributed by atoms with Crippen LogP contribution in [0, 0.1) is 5.92 Å². The van der Waals surface area contributed by atoms with Crippen LogP contribution < -0.4 is 15.4 Å². The van der Waals surface area contributed by atoms with Crippen molar-refractivity contribution in [1.29, 1.82) is 0 Å². The Morgan fingerprint density at radius 3 is 2.47 bits per heavy atom. The molecule has 30 heavy (non-hydrogen) atoms. The number of rotatable bonds is 9. The highest BCUT2D eigenvalue weighted by Gasteiger charge is 2.06. The zero-order valence-electron chi connectivity index (χ0n) is 17.3. The van der Waals surface area contributed by atoms with Crippen LogP contribution in [0.5, 0.6) is 5.75 Å².